The maximum Gasteiger partial charge on any atom is 0.328 e. The van der Waals surface area contributed by atoms with Crippen molar-refractivity contribution < 1.29 is 9.90 Å². The fourth-order valence-corrected chi connectivity index (χ4v) is 2.45. The van der Waals surface area contributed by atoms with E-state index in [1.54, 1.807) is 25.5 Å². The molecule has 0 atom stereocenters. The predicted molar refractivity (Wildman–Crippen MR) is 92.3 cm³/mol. The topological polar surface area (TPSA) is 68.0 Å². The fraction of sp³-hybridized carbons (Fsp3) is 0.105. The van der Waals surface area contributed by atoms with Gasteiger partial charge in [0.05, 0.1) is 12.7 Å². The van der Waals surface area contributed by atoms with Gasteiger partial charge in [-0.15, -0.1) is 0 Å². The van der Waals surface area contributed by atoms with Crippen LogP contribution in [0.4, 0.5) is 0 Å². The standard InChI is InChI=1S/C19H17N3O2/c1-14(7-19(23)24)16-8-17(10-20-9-16)18-11-21-22(13-18)12-15-5-3-2-4-6-15/h2-11,13H,12H2,1H3,(H,23,24)/b14-7+. The second-order valence-corrected chi connectivity index (χ2v) is 5.54. The van der Waals surface area contributed by atoms with Crippen LogP contribution in [0.1, 0.15) is 18.1 Å². The van der Waals surface area contributed by atoms with Gasteiger partial charge < -0.3 is 5.11 Å². The number of pyridine rings is 1. The van der Waals surface area contributed by atoms with Crippen LogP contribution in [0.5, 0.6) is 0 Å². The first-order chi connectivity index (χ1) is 11.6. The summed E-state index contributed by atoms with van der Waals surface area (Å²) in [4.78, 5) is 15.0. The Hall–Kier alpha value is -3.21. The lowest BCUT2D eigenvalue weighted by Crippen LogP contribution is -1.99. The molecule has 5 heteroatoms. The predicted octanol–water partition coefficient (Wildman–Crippen LogP) is 3.48. The van der Waals surface area contributed by atoms with E-state index in [0.717, 1.165) is 16.7 Å². The van der Waals surface area contributed by atoms with Gasteiger partial charge in [0.15, 0.2) is 0 Å². The minimum absolute atomic E-state index is 0.661. The summed E-state index contributed by atoms with van der Waals surface area (Å²) in [5.74, 6) is -0.964. The van der Waals surface area contributed by atoms with Gasteiger partial charge in [-0.1, -0.05) is 30.3 Å². The lowest BCUT2D eigenvalue weighted by atomic mass is 10.1. The quantitative estimate of drug-likeness (QED) is 0.731. The zero-order valence-electron chi connectivity index (χ0n) is 13.3. The summed E-state index contributed by atoms with van der Waals surface area (Å²) in [6.45, 7) is 2.46. The van der Waals surface area contributed by atoms with E-state index in [1.807, 2.05) is 35.1 Å². The number of benzene rings is 1. The number of carbonyl (C=O) groups is 1. The van der Waals surface area contributed by atoms with Gasteiger partial charge >= 0.3 is 5.97 Å². The van der Waals surface area contributed by atoms with E-state index in [-0.39, 0.29) is 0 Å². The highest BCUT2D eigenvalue weighted by Gasteiger charge is 2.06. The smallest absolute Gasteiger partial charge is 0.328 e. The van der Waals surface area contributed by atoms with Gasteiger partial charge in [-0.3, -0.25) is 9.67 Å². The van der Waals surface area contributed by atoms with Crippen LogP contribution in [-0.4, -0.2) is 25.8 Å². The number of allylic oxidation sites excluding steroid dienone is 1. The van der Waals surface area contributed by atoms with E-state index in [2.05, 4.69) is 22.2 Å². The minimum atomic E-state index is -0.964. The number of aliphatic carboxylic acids is 1. The van der Waals surface area contributed by atoms with Crippen LogP contribution in [-0.2, 0) is 11.3 Å². The first kappa shape index (κ1) is 15.7. The molecule has 0 amide bonds. The summed E-state index contributed by atoms with van der Waals surface area (Å²) in [5.41, 5.74) is 4.48. The van der Waals surface area contributed by atoms with Crippen LogP contribution >= 0.6 is 0 Å². The molecule has 5 nitrogen and oxygen atoms in total. The molecule has 0 fully saturated rings. The van der Waals surface area contributed by atoms with Crippen LogP contribution < -0.4 is 0 Å². The van der Waals surface area contributed by atoms with Gasteiger partial charge in [0, 0.05) is 35.8 Å². The maximum atomic E-state index is 10.8. The Bertz CT molecular complexity index is 882. The van der Waals surface area contributed by atoms with E-state index in [9.17, 15) is 4.79 Å². The van der Waals surface area contributed by atoms with E-state index in [1.165, 1.54) is 11.6 Å². The van der Waals surface area contributed by atoms with E-state index >= 15 is 0 Å². The molecule has 2 aromatic heterocycles. The van der Waals surface area contributed by atoms with Crippen LogP contribution in [0.2, 0.25) is 0 Å². The van der Waals surface area contributed by atoms with Gasteiger partial charge in [-0.05, 0) is 29.7 Å². The third-order valence-electron chi connectivity index (χ3n) is 3.69. The highest BCUT2D eigenvalue weighted by atomic mass is 16.4. The molecule has 0 saturated heterocycles. The Labute approximate surface area is 139 Å². The van der Waals surface area contributed by atoms with Crippen LogP contribution in [0, 0.1) is 0 Å². The molecular formula is C19H17N3O2. The molecule has 0 aliphatic rings. The van der Waals surface area contributed by atoms with E-state index in [0.29, 0.717) is 12.1 Å². The van der Waals surface area contributed by atoms with Crippen molar-refractivity contribution in [1.29, 1.82) is 0 Å². The third kappa shape index (κ3) is 3.76. The number of hydrogen-bond acceptors (Lipinski definition) is 3. The molecule has 0 unspecified atom stereocenters. The van der Waals surface area contributed by atoms with Gasteiger partial charge in [0.2, 0.25) is 0 Å². The van der Waals surface area contributed by atoms with Crippen LogP contribution in [0.25, 0.3) is 16.7 Å². The Kier molecular flexibility index (Phi) is 4.52. The average molecular weight is 319 g/mol. The van der Waals surface area contributed by atoms with Crippen molar-refractivity contribution >= 4 is 11.5 Å². The largest absolute Gasteiger partial charge is 0.478 e. The number of aromatic nitrogens is 3. The second kappa shape index (κ2) is 6.91. The molecule has 3 rings (SSSR count). The highest BCUT2D eigenvalue weighted by Crippen LogP contribution is 2.22. The van der Waals surface area contributed by atoms with Gasteiger partial charge in [0.25, 0.3) is 0 Å². The summed E-state index contributed by atoms with van der Waals surface area (Å²) in [7, 11) is 0. The monoisotopic (exact) mass is 319 g/mol. The molecule has 1 N–H and O–H groups in total. The van der Waals surface area contributed by atoms with Crippen molar-refractivity contribution in [2.24, 2.45) is 0 Å². The SMILES string of the molecule is C/C(=C\C(=O)O)c1cncc(-c2cnn(Cc3ccccc3)c2)c1. The highest BCUT2D eigenvalue weighted by molar-refractivity contribution is 5.89. The third-order valence-corrected chi connectivity index (χ3v) is 3.69. The van der Waals surface area contributed by atoms with E-state index < -0.39 is 5.97 Å². The van der Waals surface area contributed by atoms with Crippen molar-refractivity contribution in [3.63, 3.8) is 0 Å². The number of hydrogen-bond donors (Lipinski definition) is 1. The maximum absolute atomic E-state index is 10.8. The summed E-state index contributed by atoms with van der Waals surface area (Å²) < 4.78 is 1.87. The molecule has 0 aliphatic carbocycles. The second-order valence-electron chi connectivity index (χ2n) is 5.54. The molecule has 24 heavy (non-hydrogen) atoms. The van der Waals surface area contributed by atoms with Crippen molar-refractivity contribution in [3.8, 4) is 11.1 Å². The van der Waals surface area contributed by atoms with Crippen molar-refractivity contribution in [2.75, 3.05) is 0 Å². The molecule has 0 bridgehead atoms. The summed E-state index contributed by atoms with van der Waals surface area (Å²) >= 11 is 0. The average Bonchev–Trinajstić information content (AvgIpc) is 3.04. The Balaban J connectivity index is 1.84. The molecule has 1 aromatic carbocycles. The molecule has 2 heterocycles. The molecule has 120 valence electrons. The lowest BCUT2D eigenvalue weighted by Gasteiger charge is -2.03. The summed E-state index contributed by atoms with van der Waals surface area (Å²) in [6.07, 6.45) is 8.34. The molecular weight excluding hydrogens is 302 g/mol. The fourth-order valence-electron chi connectivity index (χ4n) is 2.45. The zero-order valence-corrected chi connectivity index (χ0v) is 13.3. The first-order valence-corrected chi connectivity index (χ1v) is 7.55. The molecule has 3 aromatic rings. The van der Waals surface area contributed by atoms with Gasteiger partial charge in [0.1, 0.15) is 0 Å². The first-order valence-electron chi connectivity index (χ1n) is 7.55. The Morgan fingerprint density at radius 3 is 2.71 bits per heavy atom. The van der Waals surface area contributed by atoms with Crippen molar-refractivity contribution in [3.05, 3.63) is 78.4 Å². The minimum Gasteiger partial charge on any atom is -0.478 e. The molecule has 0 spiro atoms. The number of rotatable bonds is 5. The van der Waals surface area contributed by atoms with Crippen LogP contribution in [0.3, 0.4) is 0 Å². The number of nitrogens with zero attached hydrogens (tertiary/aromatic N) is 3. The zero-order chi connectivity index (χ0) is 16.9. The Morgan fingerprint density at radius 1 is 1.17 bits per heavy atom. The number of carboxylic acids is 1. The molecule has 0 aliphatic heterocycles. The lowest BCUT2D eigenvalue weighted by molar-refractivity contribution is -0.131. The summed E-state index contributed by atoms with van der Waals surface area (Å²) in [5, 5.41) is 13.3. The summed E-state index contributed by atoms with van der Waals surface area (Å²) in [6, 6.07) is 12.0. The molecule has 0 radical (unpaired) electrons. The van der Waals surface area contributed by atoms with Crippen LogP contribution in [0.15, 0.2) is 67.3 Å². The van der Waals surface area contributed by atoms with Gasteiger partial charge in [-0.25, -0.2) is 4.79 Å². The van der Waals surface area contributed by atoms with Crippen molar-refractivity contribution in [2.45, 2.75) is 13.5 Å². The normalized spacial score (nSPS) is 11.5. The van der Waals surface area contributed by atoms with Gasteiger partial charge in [-0.2, -0.15) is 5.10 Å². The van der Waals surface area contributed by atoms with Crippen molar-refractivity contribution in [1.82, 2.24) is 14.8 Å². The number of carboxylic acid groups (broad SMARTS) is 1. The molecule has 0 saturated carbocycles. The van der Waals surface area contributed by atoms with E-state index in [4.69, 9.17) is 5.11 Å². The Morgan fingerprint density at radius 2 is 1.96 bits per heavy atom.